The molecule has 0 aliphatic rings. The van der Waals surface area contributed by atoms with Crippen LogP contribution in [0.15, 0.2) is 17.4 Å². The maximum atomic E-state index is 11.5. The van der Waals surface area contributed by atoms with Gasteiger partial charge in [0, 0.05) is 37.9 Å². The van der Waals surface area contributed by atoms with Gasteiger partial charge in [-0.2, -0.15) is 0 Å². The molecule has 104 valence electrons. The Morgan fingerprint density at radius 1 is 1.21 bits per heavy atom. The van der Waals surface area contributed by atoms with Crippen LogP contribution >= 0.6 is 23.2 Å². The molecule has 0 aromatic carbocycles. The zero-order valence-electron chi connectivity index (χ0n) is 10.4. The van der Waals surface area contributed by atoms with E-state index in [0.29, 0.717) is 29.5 Å². The second-order valence-corrected chi connectivity index (χ2v) is 4.82. The molecule has 19 heavy (non-hydrogen) atoms. The van der Waals surface area contributed by atoms with E-state index < -0.39 is 0 Å². The normalized spacial score (nSPS) is 11.5. The van der Waals surface area contributed by atoms with Gasteiger partial charge >= 0.3 is 0 Å². The van der Waals surface area contributed by atoms with Gasteiger partial charge in [0.1, 0.15) is 0 Å². The average Bonchev–Trinajstić information content (AvgIpc) is 2.81. The van der Waals surface area contributed by atoms with Gasteiger partial charge in [0.2, 0.25) is 0 Å². The zero-order valence-corrected chi connectivity index (χ0v) is 11.9. The number of alkyl halides is 2. The molecule has 2 aromatic heterocycles. The molecule has 0 aliphatic heterocycles. The summed E-state index contributed by atoms with van der Waals surface area (Å²) in [6.07, 6.45) is 3.02. The van der Waals surface area contributed by atoms with Gasteiger partial charge in [-0.3, -0.25) is 9.69 Å². The van der Waals surface area contributed by atoms with Crippen LogP contribution in [-0.2, 0) is 6.54 Å². The summed E-state index contributed by atoms with van der Waals surface area (Å²) in [5.41, 5.74) is 0.742. The van der Waals surface area contributed by atoms with Crippen LogP contribution in [0.4, 0.5) is 0 Å². The van der Waals surface area contributed by atoms with Crippen molar-refractivity contribution in [2.45, 2.75) is 6.54 Å². The van der Waals surface area contributed by atoms with E-state index in [2.05, 4.69) is 19.9 Å². The van der Waals surface area contributed by atoms with Gasteiger partial charge in [-0.1, -0.05) is 0 Å². The second-order valence-electron chi connectivity index (χ2n) is 4.06. The van der Waals surface area contributed by atoms with Gasteiger partial charge in [0.05, 0.1) is 12.7 Å². The maximum absolute atomic E-state index is 11.5. The Morgan fingerprint density at radius 2 is 1.95 bits per heavy atom. The summed E-state index contributed by atoms with van der Waals surface area (Å²) < 4.78 is 1.86. The van der Waals surface area contributed by atoms with Gasteiger partial charge in [-0.05, 0) is 0 Å². The quantitative estimate of drug-likeness (QED) is 0.772. The first-order chi connectivity index (χ1) is 9.26. The van der Waals surface area contributed by atoms with Crippen LogP contribution < -0.4 is 5.56 Å². The molecule has 0 aliphatic carbocycles. The predicted octanol–water partition coefficient (Wildman–Crippen LogP) is 0.899. The molecule has 2 aromatic rings. The molecule has 0 bridgehead atoms. The molecule has 0 unspecified atom stereocenters. The van der Waals surface area contributed by atoms with Gasteiger partial charge < -0.3 is 9.55 Å². The first-order valence-corrected chi connectivity index (χ1v) is 7.06. The molecule has 8 heteroatoms. The van der Waals surface area contributed by atoms with E-state index in [9.17, 15) is 4.79 Å². The fourth-order valence-corrected chi connectivity index (χ4v) is 2.36. The maximum Gasteiger partial charge on any atom is 0.278 e. The third-order valence-electron chi connectivity index (χ3n) is 2.87. The first kappa shape index (κ1) is 14.3. The molecule has 0 saturated carbocycles. The number of aromatic amines is 1. The van der Waals surface area contributed by atoms with Crippen LogP contribution in [0.25, 0.3) is 11.2 Å². The first-order valence-electron chi connectivity index (χ1n) is 5.99. The highest BCUT2D eigenvalue weighted by Crippen LogP contribution is 2.04. The van der Waals surface area contributed by atoms with E-state index in [1.807, 2.05) is 4.57 Å². The topological polar surface area (TPSA) is 66.8 Å². The Labute approximate surface area is 120 Å². The summed E-state index contributed by atoms with van der Waals surface area (Å²) in [7, 11) is 0. The smallest absolute Gasteiger partial charge is 0.278 e. The Hall–Kier alpha value is -1.11. The van der Waals surface area contributed by atoms with Crippen LogP contribution in [-0.4, -0.2) is 55.8 Å². The number of aromatic nitrogens is 4. The van der Waals surface area contributed by atoms with Gasteiger partial charge in [0.25, 0.3) is 5.56 Å². The number of H-pyrrole nitrogens is 1. The van der Waals surface area contributed by atoms with Crippen molar-refractivity contribution in [3.63, 3.8) is 0 Å². The Balaban J connectivity index is 2.09. The number of hydrogen-bond acceptors (Lipinski definition) is 4. The molecular formula is C11H15Cl2N5O. The molecule has 0 radical (unpaired) electrons. The summed E-state index contributed by atoms with van der Waals surface area (Å²) in [6, 6.07) is 0. The van der Waals surface area contributed by atoms with Crippen LogP contribution in [0.5, 0.6) is 0 Å². The van der Waals surface area contributed by atoms with E-state index in [1.54, 1.807) is 6.33 Å². The van der Waals surface area contributed by atoms with Crippen molar-refractivity contribution in [2.24, 2.45) is 0 Å². The fourth-order valence-electron chi connectivity index (χ4n) is 1.88. The van der Waals surface area contributed by atoms with Crippen LogP contribution in [0.2, 0.25) is 0 Å². The molecule has 0 spiro atoms. The molecule has 2 heterocycles. The summed E-state index contributed by atoms with van der Waals surface area (Å²) >= 11 is 11.5. The van der Waals surface area contributed by atoms with E-state index in [4.69, 9.17) is 23.2 Å². The number of nitrogens with zero attached hydrogens (tertiary/aromatic N) is 4. The summed E-state index contributed by atoms with van der Waals surface area (Å²) in [5, 5.41) is 0. The molecule has 0 fully saturated rings. The number of imidazole rings is 1. The van der Waals surface area contributed by atoms with E-state index in [1.165, 1.54) is 6.33 Å². The van der Waals surface area contributed by atoms with Crippen molar-refractivity contribution < 1.29 is 0 Å². The molecule has 0 amide bonds. The lowest BCUT2D eigenvalue weighted by Crippen LogP contribution is -2.31. The second kappa shape index (κ2) is 6.88. The number of fused-ring (bicyclic) bond motifs is 1. The van der Waals surface area contributed by atoms with Crippen LogP contribution in [0, 0.1) is 0 Å². The molecule has 2 rings (SSSR count). The standard InChI is InChI=1S/C11H15Cl2N5O/c12-1-3-17(4-2-13)5-6-18-8-16-9-10(18)14-7-15-11(9)19/h7-8H,1-6H2,(H,14,15,19). The van der Waals surface area contributed by atoms with E-state index in [0.717, 1.165) is 19.6 Å². The van der Waals surface area contributed by atoms with Gasteiger partial charge in [0.15, 0.2) is 11.2 Å². The summed E-state index contributed by atoms with van der Waals surface area (Å²) in [6.45, 7) is 3.06. The van der Waals surface area contributed by atoms with E-state index >= 15 is 0 Å². The van der Waals surface area contributed by atoms with Crippen molar-refractivity contribution in [2.75, 3.05) is 31.4 Å². The molecule has 6 nitrogen and oxygen atoms in total. The van der Waals surface area contributed by atoms with Crippen molar-refractivity contribution in [3.8, 4) is 0 Å². The number of nitrogens with one attached hydrogen (secondary N) is 1. The van der Waals surface area contributed by atoms with Crippen LogP contribution in [0.1, 0.15) is 0 Å². The Bertz CT molecular complexity index is 576. The fraction of sp³-hybridized carbons (Fsp3) is 0.545. The lowest BCUT2D eigenvalue weighted by atomic mass is 10.4. The van der Waals surface area contributed by atoms with Crippen molar-refractivity contribution in [1.29, 1.82) is 0 Å². The van der Waals surface area contributed by atoms with Crippen LogP contribution in [0.3, 0.4) is 0 Å². The molecule has 0 saturated heterocycles. The largest absolute Gasteiger partial charge is 0.314 e. The Morgan fingerprint density at radius 3 is 2.63 bits per heavy atom. The minimum Gasteiger partial charge on any atom is -0.314 e. The van der Waals surface area contributed by atoms with Gasteiger partial charge in [-0.15, -0.1) is 23.2 Å². The monoisotopic (exact) mass is 303 g/mol. The third-order valence-corrected chi connectivity index (χ3v) is 3.20. The SMILES string of the molecule is O=c1[nH]cnc2c1ncn2CCN(CCCl)CCCl. The number of halogens is 2. The van der Waals surface area contributed by atoms with Crippen molar-refractivity contribution >= 4 is 34.4 Å². The predicted molar refractivity (Wildman–Crippen MR) is 76.0 cm³/mol. The number of hydrogen-bond donors (Lipinski definition) is 1. The molecular weight excluding hydrogens is 289 g/mol. The highest BCUT2D eigenvalue weighted by atomic mass is 35.5. The van der Waals surface area contributed by atoms with Gasteiger partial charge in [-0.25, -0.2) is 9.97 Å². The lowest BCUT2D eigenvalue weighted by Gasteiger charge is -2.19. The third kappa shape index (κ3) is 3.46. The van der Waals surface area contributed by atoms with E-state index in [-0.39, 0.29) is 5.56 Å². The number of rotatable bonds is 7. The molecule has 1 N–H and O–H groups in total. The van der Waals surface area contributed by atoms with Crippen molar-refractivity contribution in [3.05, 3.63) is 23.0 Å². The Kier molecular flexibility index (Phi) is 5.18. The molecule has 0 atom stereocenters. The summed E-state index contributed by atoms with van der Waals surface area (Å²) in [5.74, 6) is 1.14. The minimum absolute atomic E-state index is 0.220. The van der Waals surface area contributed by atoms with Crippen molar-refractivity contribution in [1.82, 2.24) is 24.4 Å². The average molecular weight is 304 g/mol. The summed E-state index contributed by atoms with van der Waals surface area (Å²) in [4.78, 5) is 24.4. The lowest BCUT2D eigenvalue weighted by molar-refractivity contribution is 0.295. The highest BCUT2D eigenvalue weighted by Gasteiger charge is 2.09. The highest BCUT2D eigenvalue weighted by molar-refractivity contribution is 6.18. The zero-order chi connectivity index (χ0) is 13.7. The minimum atomic E-state index is -0.220.